The van der Waals surface area contributed by atoms with E-state index in [9.17, 15) is 14.4 Å². The molecule has 3 aromatic carbocycles. The molecule has 1 unspecified atom stereocenters. The first-order valence-corrected chi connectivity index (χ1v) is 13.9. The molecule has 0 aliphatic heterocycles. The van der Waals surface area contributed by atoms with Crippen molar-refractivity contribution >= 4 is 23.4 Å². The van der Waals surface area contributed by atoms with Crippen LogP contribution in [0.2, 0.25) is 5.02 Å². The van der Waals surface area contributed by atoms with E-state index in [0.29, 0.717) is 51.9 Å². The summed E-state index contributed by atoms with van der Waals surface area (Å²) in [7, 11) is 0. The molecule has 0 radical (unpaired) electrons. The van der Waals surface area contributed by atoms with Crippen molar-refractivity contribution in [1.82, 2.24) is 9.99 Å². The van der Waals surface area contributed by atoms with Gasteiger partial charge in [-0.3, -0.25) is 14.4 Å². The first-order chi connectivity index (χ1) is 20.2. The first kappa shape index (κ1) is 30.2. The Bertz CT molecular complexity index is 1610. The second-order valence-corrected chi connectivity index (χ2v) is 10.1. The minimum Gasteiger partial charge on any atom is -0.480 e. The average Bonchev–Trinajstić information content (AvgIpc) is 2.98. The molecule has 0 aliphatic rings. The Labute approximate surface area is 249 Å². The number of hydrogen-bond donors (Lipinski definition) is 3. The van der Waals surface area contributed by atoms with Gasteiger partial charge in [-0.05, 0) is 61.4 Å². The maximum Gasteiger partial charge on any atom is 0.272 e. The molecule has 0 fully saturated rings. The number of para-hydroxylation sites is 2. The van der Waals surface area contributed by atoms with Crippen molar-refractivity contribution in [2.75, 3.05) is 5.43 Å². The van der Waals surface area contributed by atoms with E-state index in [1.54, 1.807) is 44.3 Å². The maximum atomic E-state index is 13.3. The van der Waals surface area contributed by atoms with Gasteiger partial charge >= 0.3 is 0 Å². The zero-order chi connectivity index (χ0) is 30.1. The van der Waals surface area contributed by atoms with Gasteiger partial charge in [-0.1, -0.05) is 54.9 Å². The van der Waals surface area contributed by atoms with Gasteiger partial charge in [-0.2, -0.15) is 0 Å². The molecule has 1 atom stereocenters. The molecule has 0 bridgehead atoms. The third-order valence-corrected chi connectivity index (χ3v) is 6.84. The Balaban J connectivity index is 1.43. The highest BCUT2D eigenvalue weighted by atomic mass is 35.5. The Morgan fingerprint density at radius 2 is 1.69 bits per heavy atom. The Morgan fingerprint density at radius 1 is 0.952 bits per heavy atom. The quantitative estimate of drug-likeness (QED) is 0.205. The van der Waals surface area contributed by atoms with Gasteiger partial charge in [0, 0.05) is 34.5 Å². The lowest BCUT2D eigenvalue weighted by molar-refractivity contribution is -0.125. The van der Waals surface area contributed by atoms with E-state index in [2.05, 4.69) is 10.7 Å². The molecular formula is C32H33ClN4O5. The van der Waals surface area contributed by atoms with Crippen LogP contribution >= 0.6 is 11.6 Å². The van der Waals surface area contributed by atoms with Gasteiger partial charge in [-0.15, -0.1) is 0 Å². The fourth-order valence-electron chi connectivity index (χ4n) is 4.26. The van der Waals surface area contributed by atoms with Crippen molar-refractivity contribution in [2.24, 2.45) is 5.73 Å². The SMILES string of the molecule is CCC(Oc1ccc(Cl)cc1CNC(=O)Cc1c(C)ccn(NCc2ccccc2Oc2ccccc2)c1=O)C(N)=O. The molecule has 10 heteroatoms. The number of carbonyl (C=O) groups is 2. The van der Waals surface area contributed by atoms with Crippen LogP contribution in [0.4, 0.5) is 0 Å². The molecule has 1 aromatic heterocycles. The fourth-order valence-corrected chi connectivity index (χ4v) is 4.45. The van der Waals surface area contributed by atoms with E-state index in [1.165, 1.54) is 4.68 Å². The number of hydrogen-bond acceptors (Lipinski definition) is 6. The second kappa shape index (κ2) is 14.2. The number of carbonyl (C=O) groups excluding carboxylic acids is 2. The van der Waals surface area contributed by atoms with E-state index >= 15 is 0 Å². The summed E-state index contributed by atoms with van der Waals surface area (Å²) < 4.78 is 13.2. The van der Waals surface area contributed by atoms with Gasteiger partial charge in [0.05, 0.1) is 13.0 Å². The summed E-state index contributed by atoms with van der Waals surface area (Å²) in [6, 6.07) is 23.7. The lowest BCUT2D eigenvalue weighted by Crippen LogP contribution is -2.35. The number of amides is 2. The average molecular weight is 589 g/mol. The molecule has 0 saturated heterocycles. The molecule has 4 rings (SSSR count). The monoisotopic (exact) mass is 588 g/mol. The zero-order valence-corrected chi connectivity index (χ0v) is 24.2. The minimum absolute atomic E-state index is 0.0838. The number of nitrogens with zero attached hydrogens (tertiary/aromatic N) is 1. The van der Waals surface area contributed by atoms with Gasteiger partial charge in [-0.25, -0.2) is 4.68 Å². The second-order valence-electron chi connectivity index (χ2n) is 9.63. The predicted octanol–water partition coefficient (Wildman–Crippen LogP) is 4.85. The molecular weight excluding hydrogens is 556 g/mol. The van der Waals surface area contributed by atoms with Crippen LogP contribution in [0.25, 0.3) is 0 Å². The third-order valence-electron chi connectivity index (χ3n) is 6.60. The number of primary amides is 1. The van der Waals surface area contributed by atoms with E-state index in [1.807, 2.05) is 54.6 Å². The number of nitrogens with two attached hydrogens (primary N) is 1. The summed E-state index contributed by atoms with van der Waals surface area (Å²) in [6.07, 6.45) is 1.09. The number of ether oxygens (including phenoxy) is 2. The molecule has 9 nitrogen and oxygen atoms in total. The standard InChI is InChI=1S/C32H33ClN4O5/c1-3-27(31(34)39)42-29-14-13-24(33)17-23(29)19-35-30(38)18-26-21(2)15-16-37(32(26)40)36-20-22-9-7-8-12-28(22)41-25-10-5-4-6-11-25/h4-17,27,36H,3,18-20H2,1-2H3,(H2,34,39)(H,35,38). The minimum atomic E-state index is -0.810. The number of halogens is 1. The summed E-state index contributed by atoms with van der Waals surface area (Å²) >= 11 is 6.16. The molecule has 42 heavy (non-hydrogen) atoms. The normalized spacial score (nSPS) is 11.4. The Hall–Kier alpha value is -4.76. The van der Waals surface area contributed by atoms with Crippen molar-refractivity contribution in [3.8, 4) is 17.2 Å². The fraction of sp³-hybridized carbons (Fsp3) is 0.219. The number of aryl methyl sites for hydroxylation is 1. The Kier molecular flexibility index (Phi) is 10.2. The summed E-state index contributed by atoms with van der Waals surface area (Å²) in [5.74, 6) is 0.826. The molecule has 4 N–H and O–H groups in total. The molecule has 0 saturated carbocycles. The van der Waals surface area contributed by atoms with Gasteiger partial charge in [0.1, 0.15) is 17.2 Å². The van der Waals surface area contributed by atoms with E-state index in [4.69, 9.17) is 26.8 Å². The lowest BCUT2D eigenvalue weighted by atomic mass is 10.1. The van der Waals surface area contributed by atoms with Crippen LogP contribution in [0, 0.1) is 6.92 Å². The van der Waals surface area contributed by atoms with E-state index in [0.717, 1.165) is 5.56 Å². The van der Waals surface area contributed by atoms with Crippen LogP contribution in [0.3, 0.4) is 0 Å². The van der Waals surface area contributed by atoms with Gasteiger partial charge in [0.15, 0.2) is 6.10 Å². The lowest BCUT2D eigenvalue weighted by Gasteiger charge is -2.18. The smallest absolute Gasteiger partial charge is 0.272 e. The number of benzene rings is 3. The number of pyridine rings is 1. The molecule has 4 aromatic rings. The van der Waals surface area contributed by atoms with Crippen LogP contribution in [-0.2, 0) is 29.1 Å². The van der Waals surface area contributed by atoms with Crippen LogP contribution in [-0.4, -0.2) is 22.6 Å². The number of rotatable bonds is 13. The largest absolute Gasteiger partial charge is 0.480 e. The van der Waals surface area contributed by atoms with Crippen LogP contribution in [0.5, 0.6) is 17.2 Å². The summed E-state index contributed by atoms with van der Waals surface area (Å²) in [5, 5.41) is 3.27. The molecule has 2 amide bonds. The zero-order valence-electron chi connectivity index (χ0n) is 23.4. The summed E-state index contributed by atoms with van der Waals surface area (Å²) in [5.41, 5.74) is 10.7. The summed E-state index contributed by atoms with van der Waals surface area (Å²) in [6.45, 7) is 3.97. The van der Waals surface area contributed by atoms with Crippen LogP contribution < -0.4 is 31.5 Å². The third kappa shape index (κ3) is 7.92. The van der Waals surface area contributed by atoms with Crippen molar-refractivity contribution < 1.29 is 19.1 Å². The first-order valence-electron chi connectivity index (χ1n) is 13.5. The van der Waals surface area contributed by atoms with Gasteiger partial charge in [0.2, 0.25) is 5.91 Å². The topological polar surface area (TPSA) is 125 Å². The summed E-state index contributed by atoms with van der Waals surface area (Å²) in [4.78, 5) is 37.9. The molecule has 1 heterocycles. The van der Waals surface area contributed by atoms with E-state index < -0.39 is 12.0 Å². The van der Waals surface area contributed by atoms with Crippen LogP contribution in [0.15, 0.2) is 89.9 Å². The highest BCUT2D eigenvalue weighted by Crippen LogP contribution is 2.26. The van der Waals surface area contributed by atoms with E-state index in [-0.39, 0.29) is 24.4 Å². The molecule has 0 spiro atoms. The number of nitrogens with one attached hydrogen (secondary N) is 2. The van der Waals surface area contributed by atoms with Crippen molar-refractivity contribution in [1.29, 1.82) is 0 Å². The highest BCUT2D eigenvalue weighted by Gasteiger charge is 2.18. The molecule has 0 aliphatic carbocycles. The highest BCUT2D eigenvalue weighted by molar-refractivity contribution is 6.30. The van der Waals surface area contributed by atoms with Crippen molar-refractivity contribution in [3.05, 3.63) is 123 Å². The number of aromatic nitrogens is 1. The maximum absolute atomic E-state index is 13.3. The van der Waals surface area contributed by atoms with Crippen molar-refractivity contribution in [2.45, 2.75) is 45.9 Å². The van der Waals surface area contributed by atoms with Gasteiger partial charge < -0.3 is 25.9 Å². The Morgan fingerprint density at radius 3 is 2.43 bits per heavy atom. The van der Waals surface area contributed by atoms with Crippen molar-refractivity contribution in [3.63, 3.8) is 0 Å². The predicted molar refractivity (Wildman–Crippen MR) is 162 cm³/mol. The van der Waals surface area contributed by atoms with Gasteiger partial charge in [0.25, 0.3) is 11.5 Å². The molecule has 218 valence electrons. The van der Waals surface area contributed by atoms with Crippen LogP contribution in [0.1, 0.15) is 35.6 Å².